The van der Waals surface area contributed by atoms with Crippen molar-refractivity contribution in [2.75, 3.05) is 0 Å². The fourth-order valence-electron chi connectivity index (χ4n) is 2.47. The molecule has 0 aromatic heterocycles. The summed E-state index contributed by atoms with van der Waals surface area (Å²) in [5, 5.41) is 4.77. The summed E-state index contributed by atoms with van der Waals surface area (Å²) < 4.78 is 0. The summed E-state index contributed by atoms with van der Waals surface area (Å²) in [5.74, 6) is 0. The van der Waals surface area contributed by atoms with Gasteiger partial charge in [0.15, 0.2) is 0 Å². The molecule has 0 amide bonds. The molecule has 92 valence electrons. The molecule has 0 radical (unpaired) electrons. The average Bonchev–Trinajstić information content (AvgIpc) is 2.46. The Hall–Kier alpha value is -2.41. The Morgan fingerprint density at radius 3 is 1.95 bits per heavy atom. The lowest BCUT2D eigenvalue weighted by atomic mass is 9.95. The molecule has 3 aromatic rings. The van der Waals surface area contributed by atoms with Crippen LogP contribution in [-0.4, -0.2) is 6.29 Å². The molecule has 0 saturated carbocycles. The predicted octanol–water partition coefficient (Wildman–Crippen LogP) is 4.60. The molecular weight excluding hydrogens is 232 g/mol. The third kappa shape index (κ3) is 2.04. The third-order valence-electron chi connectivity index (χ3n) is 3.37. The van der Waals surface area contributed by atoms with E-state index in [9.17, 15) is 4.79 Å². The van der Waals surface area contributed by atoms with Crippen LogP contribution in [0.2, 0.25) is 0 Å². The fourth-order valence-corrected chi connectivity index (χ4v) is 2.47. The standard InChI is InChI=1S/C18H14O/c1-13(12-19)10-18-16-8-4-2-6-14(16)11-15-7-3-5-9-17(15)18/h2-12H,1H3. The van der Waals surface area contributed by atoms with Crippen molar-refractivity contribution in [2.24, 2.45) is 0 Å². The van der Waals surface area contributed by atoms with Gasteiger partial charge in [-0.05, 0) is 51.7 Å². The number of carbonyl (C=O) groups excluding carboxylic acids is 1. The highest BCUT2D eigenvalue weighted by Gasteiger charge is 2.05. The monoisotopic (exact) mass is 246 g/mol. The van der Waals surface area contributed by atoms with Crippen LogP contribution in [-0.2, 0) is 4.79 Å². The smallest absolute Gasteiger partial charge is 0.145 e. The zero-order valence-electron chi connectivity index (χ0n) is 10.8. The molecule has 0 aliphatic carbocycles. The van der Waals surface area contributed by atoms with Crippen LogP contribution in [0.3, 0.4) is 0 Å². The summed E-state index contributed by atoms with van der Waals surface area (Å²) in [5.41, 5.74) is 1.86. The van der Waals surface area contributed by atoms with Gasteiger partial charge in [-0.2, -0.15) is 0 Å². The quantitative estimate of drug-likeness (QED) is 0.367. The maximum atomic E-state index is 10.9. The molecule has 3 aromatic carbocycles. The Morgan fingerprint density at radius 1 is 0.895 bits per heavy atom. The molecule has 19 heavy (non-hydrogen) atoms. The van der Waals surface area contributed by atoms with Gasteiger partial charge >= 0.3 is 0 Å². The van der Waals surface area contributed by atoms with Crippen LogP contribution >= 0.6 is 0 Å². The zero-order valence-corrected chi connectivity index (χ0v) is 10.8. The Bertz CT molecular complexity index is 743. The van der Waals surface area contributed by atoms with E-state index >= 15 is 0 Å². The van der Waals surface area contributed by atoms with Gasteiger partial charge in [-0.25, -0.2) is 0 Å². The number of rotatable bonds is 2. The van der Waals surface area contributed by atoms with Crippen molar-refractivity contribution in [3.8, 4) is 0 Å². The number of benzene rings is 3. The number of aldehydes is 1. The first-order valence-electron chi connectivity index (χ1n) is 6.33. The Morgan fingerprint density at radius 2 is 1.42 bits per heavy atom. The second-order valence-corrected chi connectivity index (χ2v) is 4.74. The Kier molecular flexibility index (Phi) is 2.88. The molecular formula is C18H14O. The van der Waals surface area contributed by atoms with Crippen molar-refractivity contribution in [1.29, 1.82) is 0 Å². The maximum Gasteiger partial charge on any atom is 0.145 e. The summed E-state index contributed by atoms with van der Waals surface area (Å²) in [4.78, 5) is 10.9. The molecule has 0 saturated heterocycles. The minimum absolute atomic E-state index is 0.738. The number of fused-ring (bicyclic) bond motifs is 2. The largest absolute Gasteiger partial charge is 0.298 e. The predicted molar refractivity (Wildman–Crippen MR) is 81.2 cm³/mol. The maximum absolute atomic E-state index is 10.9. The van der Waals surface area contributed by atoms with Crippen molar-refractivity contribution in [3.63, 3.8) is 0 Å². The minimum Gasteiger partial charge on any atom is -0.298 e. The molecule has 1 nitrogen and oxygen atoms in total. The SMILES string of the molecule is CC(C=O)=Cc1c2ccccc2cc2ccccc12. The van der Waals surface area contributed by atoms with E-state index in [1.165, 1.54) is 21.5 Å². The second kappa shape index (κ2) is 4.69. The lowest BCUT2D eigenvalue weighted by Crippen LogP contribution is -1.85. The van der Waals surface area contributed by atoms with E-state index in [2.05, 4.69) is 30.3 Å². The molecule has 0 heterocycles. The van der Waals surface area contributed by atoms with Crippen LogP contribution in [0.4, 0.5) is 0 Å². The van der Waals surface area contributed by atoms with Gasteiger partial charge in [-0.3, -0.25) is 4.79 Å². The first-order valence-corrected chi connectivity index (χ1v) is 6.33. The van der Waals surface area contributed by atoms with Gasteiger partial charge in [0, 0.05) is 0 Å². The van der Waals surface area contributed by atoms with Crippen LogP contribution in [0.15, 0.2) is 60.2 Å². The first-order chi connectivity index (χ1) is 9.29. The van der Waals surface area contributed by atoms with Crippen molar-refractivity contribution < 1.29 is 4.79 Å². The van der Waals surface area contributed by atoms with Crippen molar-refractivity contribution in [3.05, 3.63) is 65.7 Å². The molecule has 3 rings (SSSR count). The lowest BCUT2D eigenvalue weighted by molar-refractivity contribution is -0.104. The number of hydrogen-bond acceptors (Lipinski definition) is 1. The average molecular weight is 246 g/mol. The Labute approximate surface area is 112 Å². The number of carbonyl (C=O) groups is 1. The second-order valence-electron chi connectivity index (χ2n) is 4.74. The minimum atomic E-state index is 0.738. The first kappa shape index (κ1) is 11.7. The van der Waals surface area contributed by atoms with Crippen molar-refractivity contribution in [2.45, 2.75) is 6.92 Å². The van der Waals surface area contributed by atoms with Crippen LogP contribution in [0.1, 0.15) is 12.5 Å². The topological polar surface area (TPSA) is 17.1 Å². The Balaban J connectivity index is 2.49. The highest BCUT2D eigenvalue weighted by molar-refractivity contribution is 6.07. The molecule has 0 aliphatic heterocycles. The van der Waals surface area contributed by atoms with Gasteiger partial charge in [0.05, 0.1) is 0 Å². The van der Waals surface area contributed by atoms with Gasteiger partial charge in [-0.1, -0.05) is 48.5 Å². The normalized spacial score (nSPS) is 11.9. The molecule has 1 heteroatoms. The molecule has 0 aliphatic rings. The van der Waals surface area contributed by atoms with Gasteiger partial charge in [-0.15, -0.1) is 0 Å². The van der Waals surface area contributed by atoms with Crippen LogP contribution in [0.5, 0.6) is 0 Å². The summed E-state index contributed by atoms with van der Waals surface area (Å²) in [6.45, 7) is 1.84. The number of allylic oxidation sites excluding steroid dienone is 1. The van der Waals surface area contributed by atoms with Crippen molar-refractivity contribution in [1.82, 2.24) is 0 Å². The van der Waals surface area contributed by atoms with Gasteiger partial charge in [0.2, 0.25) is 0 Å². The molecule has 0 atom stereocenters. The number of hydrogen-bond donors (Lipinski definition) is 0. The third-order valence-corrected chi connectivity index (χ3v) is 3.37. The molecule has 0 N–H and O–H groups in total. The van der Waals surface area contributed by atoms with E-state index < -0.39 is 0 Å². The summed E-state index contributed by atoms with van der Waals surface area (Å²) in [6.07, 6.45) is 2.87. The van der Waals surface area contributed by atoms with Crippen molar-refractivity contribution >= 4 is 33.9 Å². The summed E-state index contributed by atoms with van der Waals surface area (Å²) >= 11 is 0. The highest BCUT2D eigenvalue weighted by Crippen LogP contribution is 2.29. The van der Waals surface area contributed by atoms with E-state index in [1.807, 2.05) is 37.3 Å². The molecule has 0 fully saturated rings. The summed E-state index contributed by atoms with van der Waals surface area (Å²) in [6, 6.07) is 18.8. The van der Waals surface area contributed by atoms with E-state index in [4.69, 9.17) is 0 Å². The van der Waals surface area contributed by atoms with Gasteiger partial charge < -0.3 is 0 Å². The summed E-state index contributed by atoms with van der Waals surface area (Å²) in [7, 11) is 0. The lowest BCUT2D eigenvalue weighted by Gasteiger charge is -2.08. The van der Waals surface area contributed by atoms with E-state index in [1.54, 1.807) is 0 Å². The van der Waals surface area contributed by atoms with E-state index in [0.29, 0.717) is 0 Å². The van der Waals surface area contributed by atoms with E-state index in [-0.39, 0.29) is 0 Å². The van der Waals surface area contributed by atoms with Crippen LogP contribution in [0.25, 0.3) is 27.6 Å². The fraction of sp³-hybridized carbons (Fsp3) is 0.0556. The van der Waals surface area contributed by atoms with Crippen LogP contribution in [0, 0.1) is 0 Å². The highest BCUT2D eigenvalue weighted by atomic mass is 16.1. The molecule has 0 unspecified atom stereocenters. The van der Waals surface area contributed by atoms with Gasteiger partial charge in [0.25, 0.3) is 0 Å². The zero-order chi connectivity index (χ0) is 13.2. The van der Waals surface area contributed by atoms with Crippen LogP contribution < -0.4 is 0 Å². The molecule has 0 bridgehead atoms. The van der Waals surface area contributed by atoms with Gasteiger partial charge in [0.1, 0.15) is 6.29 Å². The molecule has 0 spiro atoms. The van der Waals surface area contributed by atoms with E-state index in [0.717, 1.165) is 17.4 Å².